The first-order valence-corrected chi connectivity index (χ1v) is 6.19. The Balaban J connectivity index is 2.30. The van der Waals surface area contributed by atoms with Crippen LogP contribution in [0.5, 0.6) is 0 Å². The number of hydrogen-bond acceptors (Lipinski definition) is 6. The molecule has 0 aromatic carbocycles. The largest absolute Gasteiger partial charge is 0.384 e. The van der Waals surface area contributed by atoms with E-state index in [4.69, 9.17) is 10.5 Å². The van der Waals surface area contributed by atoms with Gasteiger partial charge in [-0.1, -0.05) is 0 Å². The van der Waals surface area contributed by atoms with Crippen molar-refractivity contribution in [2.24, 2.45) is 5.73 Å². The van der Waals surface area contributed by atoms with Gasteiger partial charge in [0, 0.05) is 6.20 Å². The molecule has 11 heteroatoms. The highest BCUT2D eigenvalue weighted by molar-refractivity contribution is 5.91. The molecule has 0 unspecified atom stereocenters. The number of carbonyl (C=O) groups is 1. The van der Waals surface area contributed by atoms with Crippen molar-refractivity contribution in [3.8, 4) is 0 Å². The maximum atomic E-state index is 13.9. The summed E-state index contributed by atoms with van der Waals surface area (Å²) in [5, 5.41) is 22.3. The standard InChI is InChI=1S/C11H13F2N4O5/c12-11(13)8(20)5(4-18)22-9(11)17-2-1-6(16-10(17)21)15-7(19)3-14/h1-2,5,8-9,20H,3-4,14H2,(H,15,16,19,21)/t5-,8-,9-/m1/s1. The maximum absolute atomic E-state index is 13.9. The van der Waals surface area contributed by atoms with Gasteiger partial charge in [0.2, 0.25) is 12.1 Å². The average Bonchev–Trinajstić information content (AvgIpc) is 2.70. The van der Waals surface area contributed by atoms with Gasteiger partial charge in [-0.25, -0.2) is 9.90 Å². The molecule has 0 aliphatic carbocycles. The SMILES string of the molecule is NCC(=O)Nc1ccn([C@@H]2O[C@H](C[O])[C@@H](O)C2(F)F)c(=O)n1. The Labute approximate surface area is 122 Å². The van der Waals surface area contributed by atoms with Crippen LogP contribution in [0, 0.1) is 0 Å². The predicted octanol–water partition coefficient (Wildman–Crippen LogP) is -1.54. The molecule has 1 aliphatic heterocycles. The minimum absolute atomic E-state index is 0.168. The molecule has 1 aromatic heterocycles. The second-order valence-electron chi connectivity index (χ2n) is 4.57. The van der Waals surface area contributed by atoms with Crippen molar-refractivity contribution in [3.63, 3.8) is 0 Å². The minimum Gasteiger partial charge on any atom is -0.384 e. The number of nitrogens with zero attached hydrogens (tertiary/aromatic N) is 2. The fraction of sp³-hybridized carbons (Fsp3) is 0.545. The highest BCUT2D eigenvalue weighted by atomic mass is 19.3. The Morgan fingerprint density at radius 2 is 2.27 bits per heavy atom. The van der Waals surface area contributed by atoms with Crippen molar-refractivity contribution in [1.82, 2.24) is 9.55 Å². The first-order chi connectivity index (χ1) is 10.3. The van der Waals surface area contributed by atoms with E-state index in [0.29, 0.717) is 4.57 Å². The molecular weight excluding hydrogens is 306 g/mol. The summed E-state index contributed by atoms with van der Waals surface area (Å²) >= 11 is 0. The van der Waals surface area contributed by atoms with Crippen LogP contribution in [-0.4, -0.2) is 51.8 Å². The number of nitrogens with two attached hydrogens (primary N) is 1. The number of aliphatic hydroxyl groups excluding tert-OH is 1. The van der Waals surface area contributed by atoms with Crippen molar-refractivity contribution in [1.29, 1.82) is 0 Å². The molecule has 0 saturated carbocycles. The number of hydrogen-bond donors (Lipinski definition) is 3. The lowest BCUT2D eigenvalue weighted by molar-refractivity contribution is -0.141. The molecule has 1 fully saturated rings. The molecule has 1 saturated heterocycles. The zero-order valence-corrected chi connectivity index (χ0v) is 11.1. The van der Waals surface area contributed by atoms with Crippen LogP contribution >= 0.6 is 0 Å². The molecule has 1 radical (unpaired) electrons. The van der Waals surface area contributed by atoms with E-state index in [-0.39, 0.29) is 12.4 Å². The molecule has 121 valence electrons. The third kappa shape index (κ3) is 2.83. The minimum atomic E-state index is -3.83. The first kappa shape index (κ1) is 16.4. The van der Waals surface area contributed by atoms with E-state index in [1.807, 2.05) is 0 Å². The van der Waals surface area contributed by atoms with E-state index in [9.17, 15) is 28.6 Å². The third-order valence-electron chi connectivity index (χ3n) is 3.08. The number of aromatic nitrogens is 2. The molecule has 0 spiro atoms. The van der Waals surface area contributed by atoms with Crippen LogP contribution < -0.4 is 16.7 Å². The number of rotatable bonds is 4. The van der Waals surface area contributed by atoms with Crippen LogP contribution in [0.1, 0.15) is 6.23 Å². The molecule has 2 rings (SSSR count). The summed E-state index contributed by atoms with van der Waals surface area (Å²) < 4.78 is 33.0. The van der Waals surface area contributed by atoms with E-state index in [1.54, 1.807) is 0 Å². The van der Waals surface area contributed by atoms with Gasteiger partial charge in [0.25, 0.3) is 0 Å². The van der Waals surface area contributed by atoms with Crippen molar-refractivity contribution < 1.29 is 28.5 Å². The molecule has 9 nitrogen and oxygen atoms in total. The van der Waals surface area contributed by atoms with Gasteiger partial charge in [0.05, 0.1) is 6.54 Å². The first-order valence-electron chi connectivity index (χ1n) is 6.19. The van der Waals surface area contributed by atoms with Gasteiger partial charge in [-0.3, -0.25) is 9.36 Å². The third-order valence-corrected chi connectivity index (χ3v) is 3.08. The van der Waals surface area contributed by atoms with Crippen LogP contribution in [0.4, 0.5) is 14.6 Å². The summed E-state index contributed by atoms with van der Waals surface area (Å²) in [5.74, 6) is -4.62. The number of anilines is 1. The normalized spacial score (nSPS) is 26.9. The summed E-state index contributed by atoms with van der Waals surface area (Å²) in [6.45, 7) is -1.42. The Hall–Kier alpha value is -1.95. The number of ether oxygens (including phenoxy) is 1. The van der Waals surface area contributed by atoms with Crippen molar-refractivity contribution in [3.05, 3.63) is 22.7 Å². The molecule has 22 heavy (non-hydrogen) atoms. The van der Waals surface area contributed by atoms with Crippen molar-refractivity contribution in [2.75, 3.05) is 18.5 Å². The molecule has 1 amide bonds. The van der Waals surface area contributed by atoms with Crippen molar-refractivity contribution >= 4 is 11.7 Å². The summed E-state index contributed by atoms with van der Waals surface area (Å²) in [6.07, 6.45) is -5.19. The van der Waals surface area contributed by atoms with E-state index in [2.05, 4.69) is 10.3 Å². The van der Waals surface area contributed by atoms with Gasteiger partial charge in [0.15, 0.2) is 6.10 Å². The molecule has 4 N–H and O–H groups in total. The Bertz CT molecular complexity index is 623. The molecule has 3 atom stereocenters. The second kappa shape index (κ2) is 6.04. The van der Waals surface area contributed by atoms with E-state index >= 15 is 0 Å². The summed E-state index contributed by atoms with van der Waals surface area (Å²) in [7, 11) is 0. The lowest BCUT2D eigenvalue weighted by Crippen LogP contribution is -2.41. The smallest absolute Gasteiger partial charge is 0.351 e. The topological polar surface area (TPSA) is 139 Å². The van der Waals surface area contributed by atoms with Crippen LogP contribution in [0.15, 0.2) is 17.1 Å². The van der Waals surface area contributed by atoms with Gasteiger partial charge in [0.1, 0.15) is 18.5 Å². The monoisotopic (exact) mass is 319 g/mol. The van der Waals surface area contributed by atoms with Crippen LogP contribution in [0.3, 0.4) is 0 Å². The molecule has 1 aromatic rings. The van der Waals surface area contributed by atoms with Gasteiger partial charge in [-0.05, 0) is 6.07 Å². The number of halogens is 2. The highest BCUT2D eigenvalue weighted by Crippen LogP contribution is 2.41. The van der Waals surface area contributed by atoms with Gasteiger partial charge in [-0.2, -0.15) is 13.8 Å². The number of carbonyl (C=O) groups excluding carboxylic acids is 1. The van der Waals surface area contributed by atoms with Crippen LogP contribution in [-0.2, 0) is 14.6 Å². The van der Waals surface area contributed by atoms with Crippen LogP contribution in [0.2, 0.25) is 0 Å². The number of nitrogens with one attached hydrogen (secondary N) is 1. The lowest BCUT2D eigenvalue weighted by Gasteiger charge is -2.21. The summed E-state index contributed by atoms with van der Waals surface area (Å²) in [5.41, 5.74) is 3.93. The fourth-order valence-electron chi connectivity index (χ4n) is 1.96. The van der Waals surface area contributed by atoms with E-state index < -0.39 is 42.6 Å². The van der Waals surface area contributed by atoms with Crippen molar-refractivity contribution in [2.45, 2.75) is 24.4 Å². The number of alkyl halides is 2. The molecule has 1 aliphatic rings. The summed E-state index contributed by atoms with van der Waals surface area (Å²) in [4.78, 5) is 26.2. The number of aliphatic hydroxyl groups is 1. The lowest BCUT2D eigenvalue weighted by atomic mass is 10.1. The van der Waals surface area contributed by atoms with E-state index in [0.717, 1.165) is 12.3 Å². The van der Waals surface area contributed by atoms with Gasteiger partial charge in [-0.15, -0.1) is 0 Å². The fourth-order valence-corrected chi connectivity index (χ4v) is 1.96. The van der Waals surface area contributed by atoms with Gasteiger partial charge >= 0.3 is 11.6 Å². The summed E-state index contributed by atoms with van der Waals surface area (Å²) in [6, 6.07) is 1.09. The Morgan fingerprint density at radius 1 is 1.59 bits per heavy atom. The predicted molar refractivity (Wildman–Crippen MR) is 66.6 cm³/mol. The maximum Gasteiger partial charge on any atom is 0.351 e. The zero-order chi connectivity index (χ0) is 16.5. The zero-order valence-electron chi connectivity index (χ0n) is 11.1. The molecule has 0 bridgehead atoms. The van der Waals surface area contributed by atoms with Gasteiger partial charge < -0.3 is 20.9 Å². The molecule has 2 heterocycles. The van der Waals surface area contributed by atoms with Crippen LogP contribution in [0.25, 0.3) is 0 Å². The Kier molecular flexibility index (Phi) is 4.51. The average molecular weight is 319 g/mol. The Morgan fingerprint density at radius 3 is 2.77 bits per heavy atom. The number of amides is 1. The quantitative estimate of drug-likeness (QED) is 0.615. The van der Waals surface area contributed by atoms with E-state index in [1.165, 1.54) is 0 Å². The second-order valence-corrected chi connectivity index (χ2v) is 4.57. The molecular formula is C11H13F2N4O5. The highest BCUT2D eigenvalue weighted by Gasteiger charge is 2.59.